The third-order valence-corrected chi connectivity index (χ3v) is 3.50. The molecular weight excluding hydrogens is 230 g/mol. The van der Waals surface area contributed by atoms with E-state index in [0.29, 0.717) is 10.6 Å². The van der Waals surface area contributed by atoms with Crippen LogP contribution >= 0.6 is 12.2 Å². The molecule has 17 heavy (non-hydrogen) atoms. The molecule has 0 spiro atoms. The highest BCUT2D eigenvalue weighted by molar-refractivity contribution is 7.71. The first kappa shape index (κ1) is 10.6. The minimum absolute atomic E-state index is 0.581. The van der Waals surface area contributed by atoms with Crippen molar-refractivity contribution in [1.29, 1.82) is 0 Å². The predicted octanol–water partition coefficient (Wildman–Crippen LogP) is 3.39. The maximum atomic E-state index is 5.33. The zero-order valence-corrected chi connectivity index (χ0v) is 10.4. The van der Waals surface area contributed by atoms with E-state index in [-0.39, 0.29) is 0 Å². The van der Waals surface area contributed by atoms with Crippen LogP contribution in [0.25, 0.3) is 11.3 Å². The summed E-state index contributed by atoms with van der Waals surface area (Å²) in [6, 6.07) is 3.98. The Morgan fingerprint density at radius 1 is 1.29 bits per heavy atom. The van der Waals surface area contributed by atoms with E-state index in [1.165, 1.54) is 12.8 Å². The van der Waals surface area contributed by atoms with Crippen LogP contribution in [0, 0.1) is 11.6 Å². The van der Waals surface area contributed by atoms with Crippen LogP contribution in [0.5, 0.6) is 0 Å². The SMILES string of the molecule is Cc1c(-c2ccncc2)[nH]c(C2CC2)nc1=S. The Bertz CT molecular complexity index is 600. The van der Waals surface area contributed by atoms with Crippen molar-refractivity contribution in [3.63, 3.8) is 0 Å². The first-order valence-electron chi connectivity index (χ1n) is 5.77. The molecule has 1 aliphatic rings. The number of nitrogens with zero attached hydrogens (tertiary/aromatic N) is 2. The number of H-pyrrole nitrogens is 1. The van der Waals surface area contributed by atoms with Crippen LogP contribution in [0.4, 0.5) is 0 Å². The van der Waals surface area contributed by atoms with Gasteiger partial charge in [0.2, 0.25) is 0 Å². The third-order valence-electron chi connectivity index (χ3n) is 3.10. The van der Waals surface area contributed by atoms with Crippen molar-refractivity contribution in [1.82, 2.24) is 15.0 Å². The van der Waals surface area contributed by atoms with E-state index in [0.717, 1.165) is 22.6 Å². The van der Waals surface area contributed by atoms with E-state index in [1.54, 1.807) is 12.4 Å². The highest BCUT2D eigenvalue weighted by atomic mass is 32.1. The fraction of sp³-hybridized carbons (Fsp3) is 0.308. The van der Waals surface area contributed by atoms with E-state index in [1.807, 2.05) is 19.1 Å². The summed E-state index contributed by atoms with van der Waals surface area (Å²) in [7, 11) is 0. The van der Waals surface area contributed by atoms with Gasteiger partial charge in [-0.15, -0.1) is 0 Å². The lowest BCUT2D eigenvalue weighted by Crippen LogP contribution is -1.99. The average molecular weight is 243 g/mol. The molecule has 1 aliphatic carbocycles. The Labute approximate surface area is 105 Å². The second-order valence-electron chi connectivity index (χ2n) is 4.44. The zero-order chi connectivity index (χ0) is 11.8. The molecule has 1 saturated carbocycles. The summed E-state index contributed by atoms with van der Waals surface area (Å²) in [6.45, 7) is 2.01. The molecule has 0 unspecified atom stereocenters. The average Bonchev–Trinajstić information content (AvgIpc) is 3.18. The number of aromatic nitrogens is 3. The monoisotopic (exact) mass is 243 g/mol. The van der Waals surface area contributed by atoms with Crippen LogP contribution in [0.2, 0.25) is 0 Å². The van der Waals surface area contributed by atoms with Gasteiger partial charge in [-0.3, -0.25) is 4.98 Å². The molecule has 0 amide bonds. The van der Waals surface area contributed by atoms with Crippen molar-refractivity contribution < 1.29 is 0 Å². The van der Waals surface area contributed by atoms with Gasteiger partial charge >= 0.3 is 0 Å². The van der Waals surface area contributed by atoms with Crippen LogP contribution in [-0.4, -0.2) is 15.0 Å². The topological polar surface area (TPSA) is 41.6 Å². The number of pyridine rings is 1. The minimum Gasteiger partial charge on any atom is -0.343 e. The highest BCUT2D eigenvalue weighted by Gasteiger charge is 2.26. The summed E-state index contributed by atoms with van der Waals surface area (Å²) < 4.78 is 0.706. The molecule has 0 aliphatic heterocycles. The molecule has 0 radical (unpaired) electrons. The van der Waals surface area contributed by atoms with Gasteiger partial charge in [0.1, 0.15) is 10.5 Å². The fourth-order valence-electron chi connectivity index (χ4n) is 1.91. The minimum atomic E-state index is 0.581. The molecule has 2 aromatic heterocycles. The molecule has 2 heterocycles. The van der Waals surface area contributed by atoms with Crippen LogP contribution in [-0.2, 0) is 0 Å². The molecule has 0 bridgehead atoms. The molecule has 86 valence electrons. The number of rotatable bonds is 2. The molecule has 3 rings (SSSR count). The summed E-state index contributed by atoms with van der Waals surface area (Å²) in [6.07, 6.45) is 6.03. The van der Waals surface area contributed by atoms with Gasteiger partial charge < -0.3 is 4.98 Å². The molecule has 0 saturated heterocycles. The van der Waals surface area contributed by atoms with Crippen LogP contribution in [0.15, 0.2) is 24.5 Å². The molecule has 2 aromatic rings. The van der Waals surface area contributed by atoms with E-state index in [9.17, 15) is 0 Å². The smallest absolute Gasteiger partial charge is 0.133 e. The first-order chi connectivity index (χ1) is 8.25. The molecule has 3 nitrogen and oxygen atoms in total. The Hall–Kier alpha value is -1.55. The van der Waals surface area contributed by atoms with Gasteiger partial charge in [-0.2, -0.15) is 0 Å². The standard InChI is InChI=1S/C13H13N3S/c1-8-11(9-4-6-14-7-5-9)15-12(10-2-3-10)16-13(8)17/h4-7,10H,2-3H2,1H3,(H,15,16,17). The fourth-order valence-corrected chi connectivity index (χ4v) is 2.11. The number of hydrogen-bond acceptors (Lipinski definition) is 3. The van der Waals surface area contributed by atoms with Gasteiger partial charge in [0, 0.05) is 29.4 Å². The van der Waals surface area contributed by atoms with Crippen LogP contribution in [0.3, 0.4) is 0 Å². The quantitative estimate of drug-likeness (QED) is 0.822. The Kier molecular flexibility index (Phi) is 2.52. The van der Waals surface area contributed by atoms with Crippen molar-refractivity contribution in [2.45, 2.75) is 25.7 Å². The van der Waals surface area contributed by atoms with Crippen molar-refractivity contribution in [3.8, 4) is 11.3 Å². The summed E-state index contributed by atoms with van der Waals surface area (Å²) in [4.78, 5) is 11.9. The van der Waals surface area contributed by atoms with Gasteiger partial charge in [-0.25, -0.2) is 4.98 Å². The number of nitrogens with one attached hydrogen (secondary N) is 1. The van der Waals surface area contributed by atoms with Crippen LogP contribution < -0.4 is 0 Å². The van der Waals surface area contributed by atoms with Gasteiger partial charge in [0.25, 0.3) is 0 Å². The van der Waals surface area contributed by atoms with Gasteiger partial charge in [-0.05, 0) is 31.9 Å². The summed E-state index contributed by atoms with van der Waals surface area (Å²) in [5, 5.41) is 0. The Morgan fingerprint density at radius 3 is 2.65 bits per heavy atom. The molecule has 1 N–H and O–H groups in total. The highest BCUT2D eigenvalue weighted by Crippen LogP contribution is 2.38. The first-order valence-corrected chi connectivity index (χ1v) is 6.18. The van der Waals surface area contributed by atoms with Gasteiger partial charge in [0.05, 0.1) is 5.69 Å². The van der Waals surface area contributed by atoms with E-state index >= 15 is 0 Å². The van der Waals surface area contributed by atoms with E-state index in [2.05, 4.69) is 15.0 Å². The van der Waals surface area contributed by atoms with Crippen molar-refractivity contribution in [2.75, 3.05) is 0 Å². The molecular formula is C13H13N3S. The van der Waals surface area contributed by atoms with E-state index < -0.39 is 0 Å². The van der Waals surface area contributed by atoms with Gasteiger partial charge in [-0.1, -0.05) is 12.2 Å². The predicted molar refractivity (Wildman–Crippen MR) is 69.4 cm³/mol. The number of hydrogen-bond donors (Lipinski definition) is 1. The summed E-state index contributed by atoms with van der Waals surface area (Å²) in [5.41, 5.74) is 3.23. The molecule has 4 heteroatoms. The Balaban J connectivity index is 2.18. The second-order valence-corrected chi connectivity index (χ2v) is 4.82. The molecule has 0 atom stereocenters. The third kappa shape index (κ3) is 2.00. The summed E-state index contributed by atoms with van der Waals surface area (Å²) in [5.74, 6) is 1.62. The second kappa shape index (κ2) is 4.04. The molecule has 0 aromatic carbocycles. The lowest BCUT2D eigenvalue weighted by atomic mass is 10.1. The lowest BCUT2D eigenvalue weighted by Gasteiger charge is -2.08. The van der Waals surface area contributed by atoms with Gasteiger partial charge in [0.15, 0.2) is 0 Å². The van der Waals surface area contributed by atoms with Crippen molar-refractivity contribution in [2.24, 2.45) is 0 Å². The largest absolute Gasteiger partial charge is 0.343 e. The maximum absolute atomic E-state index is 5.33. The van der Waals surface area contributed by atoms with Crippen molar-refractivity contribution >= 4 is 12.2 Å². The van der Waals surface area contributed by atoms with E-state index in [4.69, 9.17) is 12.2 Å². The molecule has 1 fully saturated rings. The maximum Gasteiger partial charge on any atom is 0.133 e. The lowest BCUT2D eigenvalue weighted by molar-refractivity contribution is 0.914. The van der Waals surface area contributed by atoms with Crippen LogP contribution in [0.1, 0.15) is 30.1 Å². The number of aromatic amines is 1. The Morgan fingerprint density at radius 2 is 2.00 bits per heavy atom. The normalized spacial score (nSPS) is 14.9. The summed E-state index contributed by atoms with van der Waals surface area (Å²) >= 11 is 5.33. The zero-order valence-electron chi connectivity index (χ0n) is 9.60. The van der Waals surface area contributed by atoms with Crippen molar-refractivity contribution in [3.05, 3.63) is 40.6 Å².